The summed E-state index contributed by atoms with van der Waals surface area (Å²) in [6, 6.07) is 6.34. The molecule has 0 atom stereocenters. The van der Waals surface area contributed by atoms with Gasteiger partial charge in [-0.05, 0) is 52.4 Å². The number of rotatable bonds is 6. The average Bonchev–Trinajstić information content (AvgIpc) is 2.52. The summed E-state index contributed by atoms with van der Waals surface area (Å²) in [5.74, 6) is -1.93. The maximum absolute atomic E-state index is 13.6. The molecule has 2 rings (SSSR count). The van der Waals surface area contributed by atoms with Gasteiger partial charge in [-0.3, -0.25) is 4.99 Å². The topological polar surface area (TPSA) is 68.1 Å². The Bertz CT molecular complexity index is 796. The molecule has 0 aliphatic rings. The molecular formula is C16H12F2INO4. The molecule has 0 fully saturated rings. The second-order valence-corrected chi connectivity index (χ2v) is 5.73. The smallest absolute Gasteiger partial charge is 0.341 e. The number of ether oxygens (including phenoxy) is 2. The lowest BCUT2D eigenvalue weighted by atomic mass is 10.2. The molecule has 0 saturated heterocycles. The van der Waals surface area contributed by atoms with Crippen molar-refractivity contribution >= 4 is 40.5 Å². The van der Waals surface area contributed by atoms with E-state index in [1.807, 2.05) is 22.6 Å². The Morgan fingerprint density at radius 2 is 2.08 bits per heavy atom. The molecule has 24 heavy (non-hydrogen) atoms. The average molecular weight is 447 g/mol. The number of aliphatic carboxylic acids is 1. The predicted molar refractivity (Wildman–Crippen MR) is 92.5 cm³/mol. The Hall–Kier alpha value is -2.23. The van der Waals surface area contributed by atoms with Crippen LogP contribution in [0.2, 0.25) is 0 Å². The third-order valence-electron chi connectivity index (χ3n) is 2.85. The zero-order chi connectivity index (χ0) is 17.7. The number of carboxylic acids is 1. The van der Waals surface area contributed by atoms with Crippen LogP contribution in [-0.4, -0.2) is 31.0 Å². The SMILES string of the molecule is COc1cc(C=Nc2ccc(F)cc2F)cc(I)c1OCC(=O)O. The van der Waals surface area contributed by atoms with Gasteiger partial charge >= 0.3 is 5.97 Å². The van der Waals surface area contributed by atoms with Gasteiger partial charge in [0.2, 0.25) is 0 Å². The third-order valence-corrected chi connectivity index (χ3v) is 3.66. The molecule has 0 bridgehead atoms. The van der Waals surface area contributed by atoms with E-state index in [0.717, 1.165) is 12.1 Å². The van der Waals surface area contributed by atoms with E-state index in [1.165, 1.54) is 19.4 Å². The van der Waals surface area contributed by atoms with E-state index in [9.17, 15) is 13.6 Å². The zero-order valence-corrected chi connectivity index (χ0v) is 14.6. The van der Waals surface area contributed by atoms with Crippen LogP contribution in [0.4, 0.5) is 14.5 Å². The highest BCUT2D eigenvalue weighted by atomic mass is 127. The molecule has 0 heterocycles. The van der Waals surface area contributed by atoms with Crippen LogP contribution < -0.4 is 9.47 Å². The number of hydrogen-bond donors (Lipinski definition) is 1. The lowest BCUT2D eigenvalue weighted by molar-refractivity contribution is -0.139. The van der Waals surface area contributed by atoms with Crippen molar-refractivity contribution in [1.29, 1.82) is 0 Å². The van der Waals surface area contributed by atoms with Gasteiger partial charge in [-0.25, -0.2) is 13.6 Å². The molecule has 0 aliphatic carbocycles. The largest absolute Gasteiger partial charge is 0.493 e. The maximum Gasteiger partial charge on any atom is 0.341 e. The van der Waals surface area contributed by atoms with Crippen molar-refractivity contribution in [2.24, 2.45) is 4.99 Å². The lowest BCUT2D eigenvalue weighted by Gasteiger charge is -2.12. The fourth-order valence-electron chi connectivity index (χ4n) is 1.82. The third kappa shape index (κ3) is 4.63. The van der Waals surface area contributed by atoms with Gasteiger partial charge in [-0.1, -0.05) is 0 Å². The first-order valence-electron chi connectivity index (χ1n) is 6.62. The van der Waals surface area contributed by atoms with Crippen molar-refractivity contribution in [1.82, 2.24) is 0 Å². The van der Waals surface area contributed by atoms with Gasteiger partial charge in [-0.2, -0.15) is 0 Å². The number of aliphatic imine (C=N–C) groups is 1. The van der Waals surface area contributed by atoms with Gasteiger partial charge in [0.15, 0.2) is 23.9 Å². The quantitative estimate of drug-likeness (QED) is 0.541. The minimum atomic E-state index is -1.11. The van der Waals surface area contributed by atoms with Gasteiger partial charge < -0.3 is 14.6 Å². The van der Waals surface area contributed by atoms with Crippen LogP contribution in [-0.2, 0) is 4.79 Å². The van der Waals surface area contributed by atoms with E-state index in [0.29, 0.717) is 20.6 Å². The molecule has 0 radical (unpaired) electrons. The standard InChI is InChI=1S/C16H12F2INO4/c1-23-14-5-9(4-12(19)16(14)24-8-15(21)22)7-20-13-3-2-10(17)6-11(13)18/h2-7H,8H2,1H3,(H,21,22). The minimum Gasteiger partial charge on any atom is -0.493 e. The monoisotopic (exact) mass is 447 g/mol. The van der Waals surface area contributed by atoms with E-state index >= 15 is 0 Å². The molecule has 0 aliphatic heterocycles. The molecule has 5 nitrogen and oxygen atoms in total. The number of methoxy groups -OCH3 is 1. The molecule has 0 unspecified atom stereocenters. The maximum atomic E-state index is 13.6. The van der Waals surface area contributed by atoms with Gasteiger partial charge in [0.1, 0.15) is 5.82 Å². The van der Waals surface area contributed by atoms with E-state index in [4.69, 9.17) is 14.6 Å². The Labute approximate surface area is 150 Å². The highest BCUT2D eigenvalue weighted by Crippen LogP contribution is 2.33. The van der Waals surface area contributed by atoms with Crippen LogP contribution in [0.15, 0.2) is 35.3 Å². The predicted octanol–water partition coefficient (Wildman–Crippen LogP) is 3.79. The minimum absolute atomic E-state index is 0.00317. The molecule has 0 spiro atoms. The van der Waals surface area contributed by atoms with Crippen molar-refractivity contribution < 1.29 is 28.2 Å². The van der Waals surface area contributed by atoms with Crippen LogP contribution in [0, 0.1) is 15.2 Å². The first-order valence-corrected chi connectivity index (χ1v) is 7.70. The summed E-state index contributed by atoms with van der Waals surface area (Å²) in [4.78, 5) is 14.6. The van der Waals surface area contributed by atoms with Gasteiger partial charge in [-0.15, -0.1) is 0 Å². The van der Waals surface area contributed by atoms with Crippen molar-refractivity contribution in [3.63, 3.8) is 0 Å². The highest BCUT2D eigenvalue weighted by Gasteiger charge is 2.12. The summed E-state index contributed by atoms with van der Waals surface area (Å²) in [7, 11) is 1.42. The summed E-state index contributed by atoms with van der Waals surface area (Å²) in [6.07, 6.45) is 1.39. The number of nitrogens with zero attached hydrogens (tertiary/aromatic N) is 1. The Morgan fingerprint density at radius 3 is 2.71 bits per heavy atom. The number of carboxylic acid groups (broad SMARTS) is 1. The van der Waals surface area contributed by atoms with Crippen LogP contribution in [0.25, 0.3) is 0 Å². The summed E-state index contributed by atoms with van der Waals surface area (Å²) in [6.45, 7) is -0.499. The Kier molecular flexibility index (Phi) is 6.07. The van der Waals surface area contributed by atoms with E-state index < -0.39 is 24.2 Å². The van der Waals surface area contributed by atoms with Crippen LogP contribution in [0.1, 0.15) is 5.56 Å². The van der Waals surface area contributed by atoms with Gasteiger partial charge in [0.05, 0.1) is 16.4 Å². The van der Waals surface area contributed by atoms with Gasteiger partial charge in [0, 0.05) is 12.3 Å². The van der Waals surface area contributed by atoms with Crippen molar-refractivity contribution in [3.8, 4) is 11.5 Å². The first-order chi connectivity index (χ1) is 11.4. The molecule has 0 amide bonds. The molecule has 1 N–H and O–H groups in total. The Morgan fingerprint density at radius 1 is 1.33 bits per heavy atom. The summed E-state index contributed by atoms with van der Waals surface area (Å²) in [5.41, 5.74) is 0.583. The van der Waals surface area contributed by atoms with Crippen molar-refractivity contribution in [2.75, 3.05) is 13.7 Å². The molecule has 2 aromatic carbocycles. The van der Waals surface area contributed by atoms with E-state index in [2.05, 4.69) is 4.99 Å². The lowest BCUT2D eigenvalue weighted by Crippen LogP contribution is -2.11. The van der Waals surface area contributed by atoms with Crippen LogP contribution in [0.3, 0.4) is 0 Å². The number of carbonyl (C=O) groups is 1. The van der Waals surface area contributed by atoms with Crippen LogP contribution >= 0.6 is 22.6 Å². The molecule has 8 heteroatoms. The number of benzene rings is 2. The number of halogens is 3. The fourth-order valence-corrected chi connectivity index (χ4v) is 2.60. The fraction of sp³-hybridized carbons (Fsp3) is 0.125. The second-order valence-electron chi connectivity index (χ2n) is 4.57. The van der Waals surface area contributed by atoms with Crippen LogP contribution in [0.5, 0.6) is 11.5 Å². The summed E-state index contributed by atoms with van der Waals surface area (Å²) < 4.78 is 37.4. The molecule has 0 saturated carbocycles. The summed E-state index contributed by atoms with van der Waals surface area (Å²) in [5, 5.41) is 8.69. The number of hydrogen-bond acceptors (Lipinski definition) is 4. The zero-order valence-electron chi connectivity index (χ0n) is 12.4. The molecule has 2 aromatic rings. The van der Waals surface area contributed by atoms with E-state index in [-0.39, 0.29) is 5.69 Å². The Balaban J connectivity index is 2.29. The highest BCUT2D eigenvalue weighted by molar-refractivity contribution is 14.1. The molecule has 0 aromatic heterocycles. The first kappa shape index (κ1) is 18.1. The second kappa shape index (κ2) is 8.04. The molecule has 126 valence electrons. The van der Waals surface area contributed by atoms with Crippen molar-refractivity contribution in [3.05, 3.63) is 51.1 Å². The van der Waals surface area contributed by atoms with Crippen molar-refractivity contribution in [2.45, 2.75) is 0 Å². The summed E-state index contributed by atoms with van der Waals surface area (Å²) >= 11 is 1.96. The molecular weight excluding hydrogens is 435 g/mol. The van der Waals surface area contributed by atoms with E-state index in [1.54, 1.807) is 12.1 Å². The van der Waals surface area contributed by atoms with Gasteiger partial charge in [0.25, 0.3) is 0 Å². The normalized spacial score (nSPS) is 10.8.